The minimum absolute atomic E-state index is 0.191. The molecule has 178 valence electrons. The van der Waals surface area contributed by atoms with Gasteiger partial charge in [0.1, 0.15) is 5.82 Å². The lowest BCUT2D eigenvalue weighted by Gasteiger charge is -2.14. The molecule has 0 radical (unpaired) electrons. The van der Waals surface area contributed by atoms with Crippen molar-refractivity contribution in [2.24, 2.45) is 4.99 Å². The molecule has 2 heterocycles. The van der Waals surface area contributed by atoms with Crippen molar-refractivity contribution in [1.82, 2.24) is 14.5 Å². The molecule has 5 rings (SSSR count). The third kappa shape index (κ3) is 4.34. The number of benzene rings is 3. The first-order valence-corrected chi connectivity index (χ1v) is 11.6. The Morgan fingerprint density at radius 1 is 0.972 bits per heavy atom. The maximum absolute atomic E-state index is 13.3. The number of fused-ring (bicyclic) bond motifs is 1. The van der Waals surface area contributed by atoms with Gasteiger partial charge in [0.25, 0.3) is 11.1 Å². The number of nitrogens with one attached hydrogen (secondary N) is 1. The average Bonchev–Trinajstić information content (AvgIpc) is 2.89. The highest BCUT2D eigenvalue weighted by molar-refractivity contribution is 6.02. The van der Waals surface area contributed by atoms with E-state index in [1.807, 2.05) is 56.3 Å². The van der Waals surface area contributed by atoms with Crippen molar-refractivity contribution in [2.45, 2.75) is 20.3 Å². The minimum Gasteiger partial charge on any atom is -0.494 e. The van der Waals surface area contributed by atoms with Crippen molar-refractivity contribution in [3.8, 4) is 23.0 Å². The summed E-state index contributed by atoms with van der Waals surface area (Å²) in [6, 6.07) is 23.3. The molecule has 2 N–H and O–H groups in total. The molecule has 0 atom stereocenters. The van der Waals surface area contributed by atoms with Gasteiger partial charge in [-0.05, 0) is 43.7 Å². The molecule has 0 spiro atoms. The van der Waals surface area contributed by atoms with Crippen LogP contribution in [-0.4, -0.2) is 25.9 Å². The van der Waals surface area contributed by atoms with Crippen LogP contribution in [0, 0.1) is 6.92 Å². The van der Waals surface area contributed by atoms with Gasteiger partial charge < -0.3 is 10.1 Å². The Bertz CT molecular complexity index is 1730. The molecule has 0 unspecified atom stereocenters. The summed E-state index contributed by atoms with van der Waals surface area (Å²) in [6.07, 6.45) is 2.21. The summed E-state index contributed by atoms with van der Waals surface area (Å²) in [5, 5.41) is 12.3. The Morgan fingerprint density at radius 3 is 2.47 bits per heavy atom. The molecule has 0 saturated heterocycles. The molecule has 3 aromatic carbocycles. The number of aryl methyl sites for hydroxylation is 2. The Kier molecular flexibility index (Phi) is 6.04. The average molecular weight is 477 g/mol. The molecule has 0 aliphatic rings. The highest BCUT2D eigenvalue weighted by atomic mass is 16.3. The molecule has 7 nitrogen and oxygen atoms in total. The van der Waals surface area contributed by atoms with E-state index in [1.54, 1.807) is 36.5 Å². The van der Waals surface area contributed by atoms with Gasteiger partial charge in [0, 0.05) is 34.3 Å². The van der Waals surface area contributed by atoms with Crippen molar-refractivity contribution in [3.05, 3.63) is 116 Å². The number of aliphatic imine (C=N–C) groups is 1. The van der Waals surface area contributed by atoms with Crippen LogP contribution in [0.3, 0.4) is 0 Å². The highest BCUT2D eigenvalue weighted by Gasteiger charge is 2.16. The smallest absolute Gasteiger partial charge is 0.265 e. The predicted molar refractivity (Wildman–Crippen MR) is 143 cm³/mol. The Balaban J connectivity index is 1.63. The molecular weight excluding hydrogens is 452 g/mol. The van der Waals surface area contributed by atoms with Crippen LogP contribution in [0.25, 0.3) is 27.8 Å². The number of aromatic nitrogens is 3. The fourth-order valence-corrected chi connectivity index (χ4v) is 4.12. The van der Waals surface area contributed by atoms with Crippen molar-refractivity contribution in [1.29, 1.82) is 0 Å². The normalized spacial score (nSPS) is 11.4. The van der Waals surface area contributed by atoms with Gasteiger partial charge in [0.15, 0.2) is 0 Å². The van der Waals surface area contributed by atoms with Gasteiger partial charge in [0.05, 0.1) is 16.9 Å². The first-order chi connectivity index (χ1) is 17.4. The van der Waals surface area contributed by atoms with Gasteiger partial charge >= 0.3 is 0 Å². The highest BCUT2D eigenvalue weighted by Crippen LogP contribution is 2.27. The number of rotatable bonds is 5. The van der Waals surface area contributed by atoms with Gasteiger partial charge in [-0.25, -0.2) is 9.55 Å². The second kappa shape index (κ2) is 9.46. The van der Waals surface area contributed by atoms with E-state index < -0.39 is 0 Å². The van der Waals surface area contributed by atoms with E-state index in [0.29, 0.717) is 45.6 Å². The molecule has 5 aromatic rings. The van der Waals surface area contributed by atoms with Crippen LogP contribution in [0.1, 0.15) is 23.7 Å². The number of hydrogen-bond acceptors (Lipinski definition) is 5. The first kappa shape index (κ1) is 23.0. The molecule has 0 saturated carbocycles. The van der Waals surface area contributed by atoms with E-state index in [9.17, 15) is 14.7 Å². The second-order valence-corrected chi connectivity index (χ2v) is 8.51. The second-order valence-electron chi connectivity index (χ2n) is 8.51. The zero-order chi connectivity index (χ0) is 25.2. The molecule has 0 aliphatic heterocycles. The first-order valence-electron chi connectivity index (χ1n) is 11.6. The summed E-state index contributed by atoms with van der Waals surface area (Å²) in [7, 11) is 0. The molecule has 0 fully saturated rings. The number of aromatic amines is 1. The van der Waals surface area contributed by atoms with E-state index in [-0.39, 0.29) is 17.0 Å². The third-order valence-electron chi connectivity index (χ3n) is 6.01. The van der Waals surface area contributed by atoms with Crippen LogP contribution in [0.15, 0.2) is 93.4 Å². The van der Waals surface area contributed by atoms with Gasteiger partial charge in [-0.3, -0.25) is 14.6 Å². The lowest BCUT2D eigenvalue weighted by Crippen LogP contribution is -2.20. The van der Waals surface area contributed by atoms with Crippen LogP contribution in [-0.2, 0) is 6.42 Å². The molecule has 0 amide bonds. The number of H-pyrrole nitrogens is 1. The van der Waals surface area contributed by atoms with Gasteiger partial charge in [-0.2, -0.15) is 0 Å². The molecular formula is C29H24N4O3. The summed E-state index contributed by atoms with van der Waals surface area (Å²) < 4.78 is 1.30. The molecule has 0 aliphatic carbocycles. The quantitative estimate of drug-likeness (QED) is 0.346. The number of nitrogens with zero attached hydrogens (tertiary/aromatic N) is 3. The fraction of sp³-hybridized carbons (Fsp3) is 0.103. The standard InChI is InChI=1S/C29H24N4O3/c1-3-20-16-26(34)32-27(31-20)19-7-6-8-21(15-19)30-17-25-23-9-4-5-10-24(23)28(35)33(29(25)36)22-13-11-18(2)12-14-22/h4-17,36H,3H2,1-2H3,(H,31,32,34). The van der Waals surface area contributed by atoms with Crippen molar-refractivity contribution >= 4 is 22.7 Å². The van der Waals surface area contributed by atoms with Crippen molar-refractivity contribution in [3.63, 3.8) is 0 Å². The number of aromatic hydroxyl groups is 1. The van der Waals surface area contributed by atoms with Gasteiger partial charge in [0.2, 0.25) is 5.88 Å². The monoisotopic (exact) mass is 476 g/mol. The van der Waals surface area contributed by atoms with Gasteiger partial charge in [-0.15, -0.1) is 0 Å². The van der Waals surface area contributed by atoms with E-state index in [2.05, 4.69) is 15.0 Å². The number of hydrogen-bond donors (Lipinski definition) is 2. The molecule has 0 bridgehead atoms. The zero-order valence-electron chi connectivity index (χ0n) is 19.9. The molecule has 2 aromatic heterocycles. The maximum atomic E-state index is 13.3. The molecule has 7 heteroatoms. The largest absolute Gasteiger partial charge is 0.494 e. The third-order valence-corrected chi connectivity index (χ3v) is 6.01. The minimum atomic E-state index is -0.308. The van der Waals surface area contributed by atoms with Crippen LogP contribution in [0.4, 0.5) is 5.69 Å². The van der Waals surface area contributed by atoms with E-state index in [4.69, 9.17) is 0 Å². The lowest BCUT2D eigenvalue weighted by molar-refractivity contribution is 0.436. The van der Waals surface area contributed by atoms with Crippen LogP contribution < -0.4 is 11.1 Å². The van der Waals surface area contributed by atoms with Crippen molar-refractivity contribution < 1.29 is 5.11 Å². The van der Waals surface area contributed by atoms with E-state index in [1.165, 1.54) is 10.6 Å². The van der Waals surface area contributed by atoms with E-state index >= 15 is 0 Å². The van der Waals surface area contributed by atoms with Crippen LogP contribution >= 0.6 is 0 Å². The fourth-order valence-electron chi connectivity index (χ4n) is 4.12. The summed E-state index contributed by atoms with van der Waals surface area (Å²) >= 11 is 0. The number of pyridine rings is 1. The SMILES string of the molecule is CCc1cc(=O)[nH]c(-c2cccc(N=Cc3c(O)n(-c4ccc(C)cc4)c(=O)c4ccccc34)c2)n1. The maximum Gasteiger partial charge on any atom is 0.265 e. The zero-order valence-corrected chi connectivity index (χ0v) is 19.9. The predicted octanol–water partition coefficient (Wildman–Crippen LogP) is 5.07. The summed E-state index contributed by atoms with van der Waals surface area (Å²) in [5.41, 5.74) is 3.56. The Morgan fingerprint density at radius 2 is 1.72 bits per heavy atom. The van der Waals surface area contributed by atoms with Crippen LogP contribution in [0.5, 0.6) is 5.88 Å². The topological polar surface area (TPSA) is 100 Å². The Labute approximate surface area is 207 Å². The summed E-state index contributed by atoms with van der Waals surface area (Å²) in [5.74, 6) is 0.279. The Hall–Kier alpha value is -4.78. The molecule has 36 heavy (non-hydrogen) atoms. The lowest BCUT2D eigenvalue weighted by atomic mass is 10.1. The van der Waals surface area contributed by atoms with Gasteiger partial charge in [-0.1, -0.05) is 55.0 Å². The summed E-state index contributed by atoms with van der Waals surface area (Å²) in [4.78, 5) is 37.2. The summed E-state index contributed by atoms with van der Waals surface area (Å²) in [6.45, 7) is 3.90. The van der Waals surface area contributed by atoms with Crippen molar-refractivity contribution in [2.75, 3.05) is 0 Å². The van der Waals surface area contributed by atoms with Crippen LogP contribution in [0.2, 0.25) is 0 Å². The van der Waals surface area contributed by atoms with E-state index in [0.717, 1.165) is 11.1 Å².